The maximum Gasteiger partial charge on any atom is 0.145 e. The van der Waals surface area contributed by atoms with Gasteiger partial charge < -0.3 is 14.3 Å². The third-order valence-electron chi connectivity index (χ3n) is 11.4. The second-order valence-electron chi connectivity index (χ2n) is 14.8. The van der Waals surface area contributed by atoms with E-state index in [2.05, 4.69) is 192 Å². The van der Waals surface area contributed by atoms with Crippen LogP contribution in [0.1, 0.15) is 22.9 Å². The highest BCUT2D eigenvalue weighted by Gasteiger charge is 2.22. The highest BCUT2D eigenvalue weighted by atomic mass is 32.1. The van der Waals surface area contributed by atoms with Gasteiger partial charge in [-0.05, 0) is 94.6 Å². The van der Waals surface area contributed by atoms with Crippen LogP contribution in [0, 0.1) is 0 Å². The van der Waals surface area contributed by atoms with E-state index < -0.39 is 0 Å². The number of thiophene rings is 1. The first kappa shape index (κ1) is 32.1. The van der Waals surface area contributed by atoms with Crippen molar-refractivity contribution in [3.63, 3.8) is 0 Å². The van der Waals surface area contributed by atoms with E-state index in [0.717, 1.165) is 66.8 Å². The van der Waals surface area contributed by atoms with Crippen LogP contribution in [-0.4, -0.2) is 10.3 Å². The van der Waals surface area contributed by atoms with Gasteiger partial charge in [0.1, 0.15) is 17.3 Å². The van der Waals surface area contributed by atoms with Crippen molar-refractivity contribution in [2.24, 2.45) is 4.99 Å². The first-order valence-electron chi connectivity index (χ1n) is 19.3. The van der Waals surface area contributed by atoms with Crippen LogP contribution < -0.4 is 5.32 Å². The molecule has 4 heterocycles. The van der Waals surface area contributed by atoms with Gasteiger partial charge in [-0.25, -0.2) is 0 Å². The summed E-state index contributed by atoms with van der Waals surface area (Å²) < 4.78 is 11.6. The Labute approximate surface area is 332 Å². The Kier molecular flexibility index (Phi) is 7.13. The maximum absolute atomic E-state index is 6.61. The van der Waals surface area contributed by atoms with Crippen molar-refractivity contribution in [1.29, 1.82) is 0 Å². The van der Waals surface area contributed by atoms with Crippen molar-refractivity contribution in [3.05, 3.63) is 205 Å². The van der Waals surface area contributed by atoms with Crippen LogP contribution in [0.3, 0.4) is 0 Å². The molecule has 0 radical (unpaired) electrons. The van der Waals surface area contributed by atoms with Gasteiger partial charge in [-0.3, -0.25) is 4.99 Å². The minimum atomic E-state index is -0.197. The molecule has 3 aromatic heterocycles. The summed E-state index contributed by atoms with van der Waals surface area (Å²) in [7, 11) is 0. The van der Waals surface area contributed by atoms with Crippen molar-refractivity contribution in [2.75, 3.05) is 0 Å². The van der Waals surface area contributed by atoms with Gasteiger partial charge in [-0.15, -0.1) is 11.3 Å². The summed E-state index contributed by atoms with van der Waals surface area (Å²) in [5.74, 6) is 0. The molecule has 11 aromatic rings. The number of fused-ring (bicyclic) bond motifs is 10. The lowest BCUT2D eigenvalue weighted by atomic mass is 10.00. The summed E-state index contributed by atoms with van der Waals surface area (Å²) in [6, 6.07) is 65.0. The Hall–Kier alpha value is -7.21. The fourth-order valence-corrected chi connectivity index (χ4v) is 9.81. The lowest BCUT2D eigenvalue weighted by Gasteiger charge is -2.25. The molecule has 57 heavy (non-hydrogen) atoms. The molecule has 1 aliphatic rings. The Bertz CT molecular complexity index is 3420. The van der Waals surface area contributed by atoms with Gasteiger partial charge in [0.15, 0.2) is 0 Å². The topological polar surface area (TPSA) is 42.5 Å². The van der Waals surface area contributed by atoms with Crippen molar-refractivity contribution in [2.45, 2.75) is 6.17 Å². The van der Waals surface area contributed by atoms with Gasteiger partial charge in [0.2, 0.25) is 0 Å². The second kappa shape index (κ2) is 12.7. The molecule has 0 bridgehead atoms. The van der Waals surface area contributed by atoms with Gasteiger partial charge in [0, 0.05) is 47.7 Å². The molecular weight excluding hydrogens is 715 g/mol. The molecule has 268 valence electrons. The molecule has 1 N–H and O–H groups in total. The molecule has 0 spiro atoms. The standard InChI is InChI=1S/C52H33N3OS/c1-3-11-32(12-4-1)43-31-44(54-52(53-43)34-13-5-2-6-14-34)33-19-23-37(24-20-33)55-45-17-9-7-15-38(45)40-25-27-47-50(51(40)55)42-30-35(21-26-46(42)56-47)36-22-28-49-41(29-36)39-16-8-10-18-48(39)57-49/h1-31,52-53H. The van der Waals surface area contributed by atoms with Gasteiger partial charge >= 0.3 is 0 Å². The highest BCUT2D eigenvalue weighted by molar-refractivity contribution is 7.25. The third kappa shape index (κ3) is 5.17. The lowest BCUT2D eigenvalue weighted by molar-refractivity contribution is 0.664. The fraction of sp³-hybridized carbons (Fsp3) is 0.0192. The average molecular weight is 748 g/mol. The normalized spacial score (nSPS) is 14.5. The monoisotopic (exact) mass is 747 g/mol. The largest absolute Gasteiger partial charge is 0.456 e. The molecule has 0 saturated heterocycles. The van der Waals surface area contributed by atoms with Crippen LogP contribution in [0.15, 0.2) is 197 Å². The van der Waals surface area contributed by atoms with E-state index in [1.165, 1.54) is 42.1 Å². The van der Waals surface area contributed by atoms with E-state index in [0.29, 0.717) is 0 Å². The summed E-state index contributed by atoms with van der Waals surface area (Å²) in [5, 5.41) is 10.9. The number of hydrogen-bond donors (Lipinski definition) is 1. The first-order chi connectivity index (χ1) is 28.2. The highest BCUT2D eigenvalue weighted by Crippen LogP contribution is 2.43. The molecule has 0 fully saturated rings. The van der Waals surface area contributed by atoms with E-state index in [4.69, 9.17) is 9.41 Å². The third-order valence-corrected chi connectivity index (χ3v) is 12.6. The number of nitrogens with one attached hydrogen (secondary N) is 1. The number of rotatable bonds is 5. The minimum absolute atomic E-state index is 0.197. The van der Waals surface area contributed by atoms with Crippen LogP contribution in [0.2, 0.25) is 0 Å². The minimum Gasteiger partial charge on any atom is -0.456 e. The number of furan rings is 1. The molecule has 1 atom stereocenters. The fourth-order valence-electron chi connectivity index (χ4n) is 8.72. The van der Waals surface area contributed by atoms with Crippen molar-refractivity contribution >= 4 is 86.7 Å². The van der Waals surface area contributed by atoms with Crippen molar-refractivity contribution < 1.29 is 4.42 Å². The summed E-state index contributed by atoms with van der Waals surface area (Å²) in [6.07, 6.45) is 1.97. The van der Waals surface area contributed by atoms with Crippen LogP contribution in [0.25, 0.3) is 86.4 Å². The van der Waals surface area contributed by atoms with E-state index in [9.17, 15) is 0 Å². The van der Waals surface area contributed by atoms with Gasteiger partial charge in [-0.1, -0.05) is 121 Å². The summed E-state index contributed by atoms with van der Waals surface area (Å²) in [4.78, 5) is 5.23. The van der Waals surface area contributed by atoms with Gasteiger partial charge in [0.25, 0.3) is 0 Å². The average Bonchev–Trinajstić information content (AvgIpc) is 3.96. The maximum atomic E-state index is 6.61. The molecule has 5 heteroatoms. The summed E-state index contributed by atoms with van der Waals surface area (Å²) >= 11 is 1.85. The molecule has 8 aromatic carbocycles. The predicted octanol–water partition coefficient (Wildman–Crippen LogP) is 13.9. The molecular formula is C52H33N3OS. The molecule has 1 aliphatic heterocycles. The molecule has 0 saturated carbocycles. The van der Waals surface area contributed by atoms with E-state index in [-0.39, 0.29) is 6.17 Å². The first-order valence-corrected chi connectivity index (χ1v) is 20.1. The Balaban J connectivity index is 1.02. The van der Waals surface area contributed by atoms with Gasteiger partial charge in [0.05, 0.1) is 22.1 Å². The van der Waals surface area contributed by atoms with Crippen LogP contribution in [-0.2, 0) is 0 Å². The number of aliphatic imine (C=N–C) groups is 1. The van der Waals surface area contributed by atoms with E-state index in [1.807, 2.05) is 17.4 Å². The molecule has 0 aliphatic carbocycles. The Morgan fingerprint density at radius 1 is 0.509 bits per heavy atom. The predicted molar refractivity (Wildman–Crippen MR) is 240 cm³/mol. The zero-order chi connectivity index (χ0) is 37.5. The molecule has 1 unspecified atom stereocenters. The number of para-hydroxylation sites is 1. The number of nitrogens with zero attached hydrogens (tertiary/aromatic N) is 2. The SMILES string of the molecule is C1=C(c2ccccc2)NC(c2ccccc2)N=C1c1ccc(-n2c3ccccc3c3ccc4oc5ccc(-c6ccc7sc8ccccc8c7c6)cc5c4c32)cc1. The zero-order valence-electron chi connectivity index (χ0n) is 30.7. The summed E-state index contributed by atoms with van der Waals surface area (Å²) in [5.41, 5.74) is 12.8. The number of hydrogen-bond acceptors (Lipinski definition) is 4. The molecule has 12 rings (SSSR count). The van der Waals surface area contributed by atoms with Crippen molar-refractivity contribution in [3.8, 4) is 16.8 Å². The number of benzene rings is 8. The van der Waals surface area contributed by atoms with Crippen molar-refractivity contribution in [1.82, 2.24) is 9.88 Å². The number of allylic oxidation sites excluding steroid dienone is 1. The van der Waals surface area contributed by atoms with Crippen LogP contribution in [0.5, 0.6) is 0 Å². The Morgan fingerprint density at radius 2 is 1.18 bits per heavy atom. The quantitative estimate of drug-likeness (QED) is 0.190. The molecule has 0 amide bonds. The summed E-state index contributed by atoms with van der Waals surface area (Å²) in [6.45, 7) is 0. The van der Waals surface area contributed by atoms with Crippen LogP contribution >= 0.6 is 11.3 Å². The Morgan fingerprint density at radius 3 is 2.02 bits per heavy atom. The second-order valence-corrected chi connectivity index (χ2v) is 15.8. The molecule has 4 nitrogen and oxygen atoms in total. The van der Waals surface area contributed by atoms with Gasteiger partial charge in [-0.2, -0.15) is 0 Å². The van der Waals surface area contributed by atoms with E-state index >= 15 is 0 Å². The lowest BCUT2D eigenvalue weighted by Crippen LogP contribution is -2.24. The van der Waals surface area contributed by atoms with E-state index in [1.54, 1.807) is 0 Å². The smallest absolute Gasteiger partial charge is 0.145 e. The zero-order valence-corrected chi connectivity index (χ0v) is 31.5. The number of aromatic nitrogens is 1. The van der Waals surface area contributed by atoms with Crippen LogP contribution in [0.4, 0.5) is 0 Å².